The molecule has 0 fully saturated rings. The zero-order chi connectivity index (χ0) is 15.1. The Morgan fingerprint density at radius 2 is 1.80 bits per heavy atom. The number of ether oxygens (including phenoxy) is 3. The second kappa shape index (κ2) is 7.75. The van der Waals surface area contributed by atoms with E-state index >= 15 is 0 Å². The van der Waals surface area contributed by atoms with E-state index in [2.05, 4.69) is 5.32 Å². The molecule has 1 aromatic carbocycles. The van der Waals surface area contributed by atoms with Crippen molar-refractivity contribution in [2.45, 2.75) is 26.4 Å². The van der Waals surface area contributed by atoms with Gasteiger partial charge >= 0.3 is 5.97 Å². The zero-order valence-electron chi connectivity index (χ0n) is 12.7. The number of rotatable bonds is 7. The van der Waals surface area contributed by atoms with E-state index < -0.39 is 0 Å². The predicted molar refractivity (Wildman–Crippen MR) is 77.0 cm³/mol. The normalized spacial score (nSPS) is 12.1. The van der Waals surface area contributed by atoms with Crippen LogP contribution >= 0.6 is 0 Å². The molecule has 0 aliphatic carbocycles. The molecule has 0 unspecified atom stereocenters. The molecule has 1 atom stereocenters. The molecular weight excluding hydrogens is 258 g/mol. The Morgan fingerprint density at radius 1 is 1.15 bits per heavy atom. The molecule has 0 heterocycles. The lowest BCUT2D eigenvalue weighted by atomic mass is 10.0. The summed E-state index contributed by atoms with van der Waals surface area (Å²) < 4.78 is 15.2. The van der Waals surface area contributed by atoms with Gasteiger partial charge in [-0.05, 0) is 23.6 Å². The van der Waals surface area contributed by atoms with Crippen molar-refractivity contribution in [1.29, 1.82) is 0 Å². The Balaban J connectivity index is 2.75. The minimum absolute atomic E-state index is 0.155. The van der Waals surface area contributed by atoms with E-state index in [9.17, 15) is 4.79 Å². The van der Waals surface area contributed by atoms with Gasteiger partial charge in [0, 0.05) is 6.54 Å². The van der Waals surface area contributed by atoms with Crippen LogP contribution in [0.5, 0.6) is 11.5 Å². The molecule has 0 aliphatic rings. The fourth-order valence-corrected chi connectivity index (χ4v) is 1.94. The fraction of sp³-hybridized carbons (Fsp3) is 0.533. The summed E-state index contributed by atoms with van der Waals surface area (Å²) in [6.07, 6.45) is 0. The Kier molecular flexibility index (Phi) is 6.31. The van der Waals surface area contributed by atoms with E-state index in [1.54, 1.807) is 14.2 Å². The van der Waals surface area contributed by atoms with Crippen LogP contribution in [0, 0.1) is 5.92 Å². The lowest BCUT2D eigenvalue weighted by Crippen LogP contribution is -2.41. The van der Waals surface area contributed by atoms with Gasteiger partial charge in [-0.2, -0.15) is 0 Å². The molecule has 1 N–H and O–H groups in total. The number of carbonyl (C=O) groups is 1. The molecule has 1 aromatic rings. The van der Waals surface area contributed by atoms with Crippen LogP contribution < -0.4 is 14.8 Å². The van der Waals surface area contributed by atoms with Crippen LogP contribution in [-0.4, -0.2) is 33.3 Å². The van der Waals surface area contributed by atoms with Gasteiger partial charge in [-0.25, -0.2) is 0 Å². The number of benzene rings is 1. The second-order valence-corrected chi connectivity index (χ2v) is 4.82. The summed E-state index contributed by atoms with van der Waals surface area (Å²) in [6.45, 7) is 4.50. The van der Waals surface area contributed by atoms with Crippen molar-refractivity contribution in [2.24, 2.45) is 5.92 Å². The van der Waals surface area contributed by atoms with Crippen molar-refractivity contribution in [2.75, 3.05) is 21.3 Å². The topological polar surface area (TPSA) is 56.8 Å². The standard InChI is InChI=1S/C15H23NO4/c1-10(2)14(15(17)20-5)16-9-11-6-7-12(18-3)13(8-11)19-4/h6-8,10,14,16H,9H2,1-5H3/t14-/m1/s1. The lowest BCUT2D eigenvalue weighted by molar-refractivity contribution is -0.144. The highest BCUT2D eigenvalue weighted by Crippen LogP contribution is 2.27. The fourth-order valence-electron chi connectivity index (χ4n) is 1.94. The van der Waals surface area contributed by atoms with Gasteiger partial charge in [0.2, 0.25) is 0 Å². The molecular formula is C15H23NO4. The lowest BCUT2D eigenvalue weighted by Gasteiger charge is -2.20. The number of esters is 1. The minimum atomic E-state index is -0.326. The van der Waals surface area contributed by atoms with Crippen LogP contribution in [0.3, 0.4) is 0 Å². The Morgan fingerprint density at radius 3 is 2.30 bits per heavy atom. The number of nitrogens with one attached hydrogen (secondary N) is 1. The second-order valence-electron chi connectivity index (χ2n) is 4.82. The number of methoxy groups -OCH3 is 3. The van der Waals surface area contributed by atoms with Gasteiger partial charge in [-0.1, -0.05) is 19.9 Å². The van der Waals surface area contributed by atoms with Crippen LogP contribution in [0.15, 0.2) is 18.2 Å². The average molecular weight is 281 g/mol. The SMILES string of the molecule is COC(=O)[C@H](NCc1ccc(OC)c(OC)c1)C(C)C. The first-order valence-corrected chi connectivity index (χ1v) is 6.55. The third-order valence-electron chi connectivity index (χ3n) is 3.10. The monoisotopic (exact) mass is 281 g/mol. The number of carbonyl (C=O) groups excluding carboxylic acids is 1. The van der Waals surface area contributed by atoms with Gasteiger partial charge < -0.3 is 19.5 Å². The van der Waals surface area contributed by atoms with Crippen LogP contribution in [0.4, 0.5) is 0 Å². The van der Waals surface area contributed by atoms with Crippen molar-refractivity contribution in [3.8, 4) is 11.5 Å². The Bertz CT molecular complexity index is 445. The summed E-state index contributed by atoms with van der Waals surface area (Å²) in [7, 11) is 4.60. The largest absolute Gasteiger partial charge is 0.493 e. The zero-order valence-corrected chi connectivity index (χ0v) is 12.7. The summed E-state index contributed by atoms with van der Waals surface area (Å²) in [4.78, 5) is 11.7. The molecule has 0 amide bonds. The van der Waals surface area contributed by atoms with Crippen LogP contribution in [0.25, 0.3) is 0 Å². The van der Waals surface area contributed by atoms with Crippen molar-refractivity contribution in [3.05, 3.63) is 23.8 Å². The van der Waals surface area contributed by atoms with E-state index in [1.165, 1.54) is 7.11 Å². The van der Waals surface area contributed by atoms with Crippen LogP contribution in [0.2, 0.25) is 0 Å². The number of hydrogen-bond acceptors (Lipinski definition) is 5. The smallest absolute Gasteiger partial charge is 0.323 e. The van der Waals surface area contributed by atoms with Crippen molar-refractivity contribution >= 4 is 5.97 Å². The maximum atomic E-state index is 11.7. The first-order valence-electron chi connectivity index (χ1n) is 6.55. The van der Waals surface area contributed by atoms with E-state index in [4.69, 9.17) is 14.2 Å². The maximum Gasteiger partial charge on any atom is 0.323 e. The molecule has 0 spiro atoms. The Hall–Kier alpha value is -1.75. The third kappa shape index (κ3) is 4.13. The molecule has 0 saturated heterocycles. The summed E-state index contributed by atoms with van der Waals surface area (Å²) in [6, 6.07) is 5.34. The van der Waals surface area contributed by atoms with Gasteiger partial charge in [0.05, 0.1) is 21.3 Å². The van der Waals surface area contributed by atoms with Crippen LogP contribution in [-0.2, 0) is 16.1 Å². The average Bonchev–Trinajstić information content (AvgIpc) is 2.46. The molecule has 0 bridgehead atoms. The van der Waals surface area contributed by atoms with Gasteiger partial charge in [-0.15, -0.1) is 0 Å². The Labute approximate surface area is 120 Å². The van der Waals surface area contributed by atoms with Crippen molar-refractivity contribution in [1.82, 2.24) is 5.32 Å². The molecule has 0 saturated carbocycles. The molecule has 0 radical (unpaired) electrons. The highest BCUT2D eigenvalue weighted by atomic mass is 16.5. The first-order chi connectivity index (χ1) is 9.53. The maximum absolute atomic E-state index is 11.7. The molecule has 20 heavy (non-hydrogen) atoms. The van der Waals surface area contributed by atoms with Gasteiger partial charge in [0.1, 0.15) is 6.04 Å². The van der Waals surface area contributed by atoms with Crippen molar-refractivity contribution in [3.63, 3.8) is 0 Å². The molecule has 5 heteroatoms. The first kappa shape index (κ1) is 16.3. The van der Waals surface area contributed by atoms with E-state index in [0.29, 0.717) is 18.0 Å². The minimum Gasteiger partial charge on any atom is -0.493 e. The summed E-state index contributed by atoms with van der Waals surface area (Å²) >= 11 is 0. The van der Waals surface area contributed by atoms with Gasteiger partial charge in [0.25, 0.3) is 0 Å². The van der Waals surface area contributed by atoms with E-state index in [-0.39, 0.29) is 17.9 Å². The molecule has 0 aromatic heterocycles. The summed E-state index contributed by atoms with van der Waals surface area (Å²) in [5, 5.41) is 3.20. The quantitative estimate of drug-likeness (QED) is 0.775. The predicted octanol–water partition coefficient (Wildman–Crippen LogP) is 1.99. The molecule has 5 nitrogen and oxygen atoms in total. The van der Waals surface area contributed by atoms with E-state index in [0.717, 1.165) is 5.56 Å². The summed E-state index contributed by atoms with van der Waals surface area (Å²) in [5.74, 6) is 1.26. The van der Waals surface area contributed by atoms with Gasteiger partial charge in [-0.3, -0.25) is 4.79 Å². The molecule has 0 aliphatic heterocycles. The number of hydrogen-bond donors (Lipinski definition) is 1. The molecule has 1 rings (SSSR count). The highest BCUT2D eigenvalue weighted by Gasteiger charge is 2.22. The highest BCUT2D eigenvalue weighted by molar-refractivity contribution is 5.75. The molecule has 112 valence electrons. The van der Waals surface area contributed by atoms with Crippen molar-refractivity contribution < 1.29 is 19.0 Å². The summed E-state index contributed by atoms with van der Waals surface area (Å²) in [5.41, 5.74) is 1.01. The van der Waals surface area contributed by atoms with E-state index in [1.807, 2.05) is 32.0 Å². The van der Waals surface area contributed by atoms with Gasteiger partial charge in [0.15, 0.2) is 11.5 Å². The van der Waals surface area contributed by atoms with Crippen LogP contribution in [0.1, 0.15) is 19.4 Å². The third-order valence-corrected chi connectivity index (χ3v) is 3.10.